The largest absolute Gasteiger partial charge is 0.492 e. The van der Waals surface area contributed by atoms with E-state index in [2.05, 4.69) is 59.5 Å². The molecule has 0 radical (unpaired) electrons. The Morgan fingerprint density at radius 2 is 1.53 bits per heavy atom. The Labute approximate surface area is 178 Å². The number of nitrogens with zero attached hydrogens (tertiary/aromatic N) is 2. The number of ether oxygens (including phenoxy) is 1. The van der Waals surface area contributed by atoms with E-state index in [1.807, 2.05) is 18.2 Å². The van der Waals surface area contributed by atoms with E-state index in [-0.39, 0.29) is 5.91 Å². The lowest BCUT2D eigenvalue weighted by molar-refractivity contribution is -0.127. The molecular weight excluding hydrogens is 372 g/mol. The first kappa shape index (κ1) is 20.2. The average molecular weight is 401 g/mol. The van der Waals surface area contributed by atoms with Gasteiger partial charge in [0, 0.05) is 39.3 Å². The minimum Gasteiger partial charge on any atom is -0.492 e. The number of para-hydroxylation sites is 1. The van der Waals surface area contributed by atoms with Crippen molar-refractivity contribution >= 4 is 5.91 Å². The topological polar surface area (TPSA) is 32.8 Å². The molecule has 0 aromatic heterocycles. The van der Waals surface area contributed by atoms with Crippen molar-refractivity contribution in [1.82, 2.24) is 9.80 Å². The molecule has 154 valence electrons. The predicted molar refractivity (Wildman–Crippen MR) is 120 cm³/mol. The van der Waals surface area contributed by atoms with Gasteiger partial charge in [-0.15, -0.1) is 0 Å². The number of hydrogen-bond acceptors (Lipinski definition) is 3. The van der Waals surface area contributed by atoms with Crippen molar-refractivity contribution in [3.8, 4) is 16.9 Å². The summed E-state index contributed by atoms with van der Waals surface area (Å²) in [6.07, 6.45) is 0.439. The molecule has 0 atom stereocenters. The van der Waals surface area contributed by atoms with Crippen LogP contribution in [0.25, 0.3) is 11.1 Å². The fourth-order valence-electron chi connectivity index (χ4n) is 3.72. The Morgan fingerprint density at radius 3 is 2.20 bits per heavy atom. The third-order valence-corrected chi connectivity index (χ3v) is 5.53. The monoisotopic (exact) mass is 400 g/mol. The first-order valence-corrected chi connectivity index (χ1v) is 10.4. The Balaban J connectivity index is 1.40. The van der Waals surface area contributed by atoms with Gasteiger partial charge in [0.05, 0.1) is 6.42 Å². The van der Waals surface area contributed by atoms with E-state index in [4.69, 9.17) is 4.74 Å². The van der Waals surface area contributed by atoms with E-state index in [0.29, 0.717) is 6.42 Å². The summed E-state index contributed by atoms with van der Waals surface area (Å²) in [5.41, 5.74) is 5.94. The molecule has 4 heteroatoms. The quantitative estimate of drug-likeness (QED) is 0.637. The number of hydrogen-bond donors (Lipinski definition) is 0. The molecule has 0 saturated heterocycles. The number of rotatable bonds is 5. The number of carbonyl (C=O) groups is 1. The summed E-state index contributed by atoms with van der Waals surface area (Å²) in [5, 5.41) is 0. The van der Waals surface area contributed by atoms with Crippen molar-refractivity contribution in [1.29, 1.82) is 0 Å². The van der Waals surface area contributed by atoms with Crippen LogP contribution in [-0.2, 0) is 24.3 Å². The van der Waals surface area contributed by atoms with Crippen LogP contribution in [0.4, 0.5) is 0 Å². The second-order valence-electron chi connectivity index (χ2n) is 8.03. The van der Waals surface area contributed by atoms with Crippen molar-refractivity contribution in [2.24, 2.45) is 0 Å². The highest BCUT2D eigenvalue weighted by atomic mass is 16.5. The van der Waals surface area contributed by atoms with Gasteiger partial charge in [-0.1, -0.05) is 66.7 Å². The molecule has 1 heterocycles. The van der Waals surface area contributed by atoms with Gasteiger partial charge in [0.15, 0.2) is 0 Å². The molecule has 0 spiro atoms. The first-order valence-electron chi connectivity index (χ1n) is 10.4. The zero-order valence-corrected chi connectivity index (χ0v) is 17.7. The maximum absolute atomic E-state index is 11.9. The summed E-state index contributed by atoms with van der Waals surface area (Å²) >= 11 is 0. The summed E-state index contributed by atoms with van der Waals surface area (Å²) in [6, 6.07) is 25.3. The van der Waals surface area contributed by atoms with Gasteiger partial charge in [-0.25, -0.2) is 0 Å². The van der Waals surface area contributed by atoms with Gasteiger partial charge >= 0.3 is 0 Å². The fourth-order valence-corrected chi connectivity index (χ4v) is 3.72. The molecule has 0 unspecified atom stereocenters. The van der Waals surface area contributed by atoms with Crippen molar-refractivity contribution < 1.29 is 9.53 Å². The van der Waals surface area contributed by atoms with E-state index < -0.39 is 0 Å². The number of likely N-dealkylation sites (N-methyl/N-ethyl adjacent to an activating group) is 1. The lowest BCUT2D eigenvalue weighted by Crippen LogP contribution is -2.25. The number of fused-ring (bicyclic) bond motifs is 1. The van der Waals surface area contributed by atoms with E-state index in [1.54, 1.807) is 19.0 Å². The molecule has 3 aromatic carbocycles. The van der Waals surface area contributed by atoms with Crippen molar-refractivity contribution in [2.75, 3.05) is 27.2 Å². The van der Waals surface area contributed by atoms with Gasteiger partial charge in [0.1, 0.15) is 12.4 Å². The highest BCUT2D eigenvalue weighted by molar-refractivity contribution is 5.78. The van der Waals surface area contributed by atoms with Crippen LogP contribution in [-0.4, -0.2) is 43.0 Å². The smallest absolute Gasteiger partial charge is 0.226 e. The fraction of sp³-hybridized carbons (Fsp3) is 0.269. The molecule has 0 fully saturated rings. The summed E-state index contributed by atoms with van der Waals surface area (Å²) < 4.78 is 5.87. The predicted octanol–water partition coefficient (Wildman–Crippen LogP) is 4.38. The number of benzene rings is 3. The molecule has 30 heavy (non-hydrogen) atoms. The molecule has 4 rings (SSSR count). The molecular formula is C26H28N2O2. The Bertz CT molecular complexity index is 994. The van der Waals surface area contributed by atoms with Gasteiger partial charge < -0.3 is 9.64 Å². The van der Waals surface area contributed by atoms with E-state index in [1.165, 1.54) is 22.3 Å². The molecule has 1 aliphatic heterocycles. The molecule has 0 aliphatic carbocycles. The third-order valence-electron chi connectivity index (χ3n) is 5.53. The van der Waals surface area contributed by atoms with Crippen LogP contribution in [0.5, 0.6) is 5.75 Å². The second-order valence-corrected chi connectivity index (χ2v) is 8.03. The molecule has 3 aromatic rings. The van der Waals surface area contributed by atoms with Crippen LogP contribution in [0.15, 0.2) is 72.8 Å². The third kappa shape index (κ3) is 4.89. The maximum atomic E-state index is 11.9. The lowest BCUT2D eigenvalue weighted by Gasteiger charge is -2.19. The van der Waals surface area contributed by atoms with Crippen LogP contribution in [0, 0.1) is 0 Å². The average Bonchev–Trinajstić information content (AvgIpc) is 2.96. The lowest BCUT2D eigenvalue weighted by atomic mass is 10.0. The minimum atomic E-state index is 0.119. The minimum absolute atomic E-state index is 0.119. The summed E-state index contributed by atoms with van der Waals surface area (Å²) in [7, 11) is 3.57. The first-order chi connectivity index (χ1) is 14.6. The van der Waals surface area contributed by atoms with Gasteiger partial charge in [0.25, 0.3) is 0 Å². The summed E-state index contributed by atoms with van der Waals surface area (Å²) in [4.78, 5) is 15.9. The molecule has 1 aliphatic rings. The Morgan fingerprint density at radius 1 is 0.900 bits per heavy atom. The normalized spacial score (nSPS) is 13.8. The van der Waals surface area contributed by atoms with Crippen molar-refractivity contribution in [3.05, 3.63) is 89.5 Å². The highest BCUT2D eigenvalue weighted by Crippen LogP contribution is 2.25. The zero-order chi connectivity index (χ0) is 20.9. The van der Waals surface area contributed by atoms with Crippen molar-refractivity contribution in [3.63, 3.8) is 0 Å². The van der Waals surface area contributed by atoms with Crippen LogP contribution in [0.2, 0.25) is 0 Å². The van der Waals surface area contributed by atoms with Gasteiger partial charge in [0.2, 0.25) is 5.91 Å². The second kappa shape index (κ2) is 9.14. The molecule has 0 bridgehead atoms. The zero-order valence-electron chi connectivity index (χ0n) is 17.7. The Hall–Kier alpha value is -3.11. The maximum Gasteiger partial charge on any atom is 0.226 e. The summed E-state index contributed by atoms with van der Waals surface area (Å²) in [5.74, 6) is 1.12. The van der Waals surface area contributed by atoms with E-state index in [9.17, 15) is 4.79 Å². The van der Waals surface area contributed by atoms with Crippen LogP contribution in [0.1, 0.15) is 16.7 Å². The van der Waals surface area contributed by atoms with Crippen molar-refractivity contribution in [2.45, 2.75) is 19.5 Å². The molecule has 0 saturated carbocycles. The molecule has 0 N–H and O–H groups in total. The van der Waals surface area contributed by atoms with Crippen LogP contribution < -0.4 is 4.74 Å². The van der Waals surface area contributed by atoms with E-state index in [0.717, 1.165) is 37.6 Å². The Kier molecular flexibility index (Phi) is 6.15. The van der Waals surface area contributed by atoms with Crippen LogP contribution in [0.3, 0.4) is 0 Å². The standard InChI is InChI=1S/C26H28N2O2/c1-27(2)26(29)17-20-7-11-22(12-8-20)23-13-9-21(10-14-23)18-28-15-16-30-25-6-4-3-5-24(25)19-28/h3-14H,15-19H2,1-2H3. The SMILES string of the molecule is CN(C)C(=O)Cc1ccc(-c2ccc(CN3CCOc4ccccc4C3)cc2)cc1. The number of amides is 1. The highest BCUT2D eigenvalue weighted by Gasteiger charge is 2.15. The van der Waals surface area contributed by atoms with E-state index >= 15 is 0 Å². The van der Waals surface area contributed by atoms with Gasteiger partial charge in [-0.2, -0.15) is 0 Å². The van der Waals surface area contributed by atoms with Crippen LogP contribution >= 0.6 is 0 Å². The number of carbonyl (C=O) groups excluding carboxylic acids is 1. The molecule has 1 amide bonds. The molecule has 4 nitrogen and oxygen atoms in total. The summed E-state index contributed by atoms with van der Waals surface area (Å²) in [6.45, 7) is 3.45. The van der Waals surface area contributed by atoms with Gasteiger partial charge in [-0.3, -0.25) is 9.69 Å². The van der Waals surface area contributed by atoms with Gasteiger partial charge in [-0.05, 0) is 28.3 Å².